The summed E-state index contributed by atoms with van der Waals surface area (Å²) in [5.74, 6) is 0.194. The molecule has 4 nitrogen and oxygen atoms in total. The number of hydrogen-bond acceptors (Lipinski definition) is 3. The van der Waals surface area contributed by atoms with Gasteiger partial charge in [0.05, 0.1) is 6.04 Å². The molecule has 1 atom stereocenters. The van der Waals surface area contributed by atoms with E-state index in [1.54, 1.807) is 0 Å². The van der Waals surface area contributed by atoms with Crippen molar-refractivity contribution >= 4 is 5.91 Å². The number of carbonyl (C=O) groups is 1. The highest BCUT2D eigenvalue weighted by Crippen LogP contribution is 2.14. The average Bonchev–Trinajstić information content (AvgIpc) is 2.17. The molecule has 1 saturated heterocycles. The van der Waals surface area contributed by atoms with Crippen LogP contribution in [0, 0.1) is 0 Å². The third-order valence-electron chi connectivity index (χ3n) is 2.93. The molecule has 1 N–H and O–H groups in total. The minimum Gasteiger partial charge on any atom is -0.353 e. The smallest absolute Gasteiger partial charge is 0.237 e. The largest absolute Gasteiger partial charge is 0.353 e. The van der Waals surface area contributed by atoms with Gasteiger partial charge in [-0.1, -0.05) is 6.42 Å². The van der Waals surface area contributed by atoms with Gasteiger partial charge in [0.15, 0.2) is 0 Å². The maximum Gasteiger partial charge on any atom is 0.237 e. The van der Waals surface area contributed by atoms with E-state index >= 15 is 0 Å². The molecule has 1 fully saturated rings. The van der Waals surface area contributed by atoms with E-state index < -0.39 is 0 Å². The first kappa shape index (κ1) is 12.5. The van der Waals surface area contributed by atoms with Crippen molar-refractivity contribution in [2.45, 2.75) is 25.3 Å². The standard InChI is InChI=1S/C11H23N3O/c1-13(2)9-7-12-11(15)10-6-4-5-8-14(10)3/h10H,4-9H2,1-3H3,(H,12,15). The van der Waals surface area contributed by atoms with E-state index in [-0.39, 0.29) is 11.9 Å². The predicted octanol–water partition coefficient (Wildman–Crippen LogP) is 0.149. The van der Waals surface area contributed by atoms with E-state index in [9.17, 15) is 4.79 Å². The molecule has 4 heteroatoms. The van der Waals surface area contributed by atoms with Crippen molar-refractivity contribution in [3.05, 3.63) is 0 Å². The summed E-state index contributed by atoms with van der Waals surface area (Å²) in [6.45, 7) is 2.70. The molecule has 1 rings (SSSR count). The topological polar surface area (TPSA) is 35.6 Å². The van der Waals surface area contributed by atoms with E-state index in [1.807, 2.05) is 21.1 Å². The van der Waals surface area contributed by atoms with Gasteiger partial charge in [0, 0.05) is 13.1 Å². The number of amides is 1. The summed E-state index contributed by atoms with van der Waals surface area (Å²) in [6.07, 6.45) is 3.40. The lowest BCUT2D eigenvalue weighted by molar-refractivity contribution is -0.127. The van der Waals surface area contributed by atoms with E-state index in [4.69, 9.17) is 0 Å². The third-order valence-corrected chi connectivity index (χ3v) is 2.93. The van der Waals surface area contributed by atoms with Crippen LogP contribution in [0.15, 0.2) is 0 Å². The molecule has 0 aromatic heterocycles. The Balaban J connectivity index is 2.26. The van der Waals surface area contributed by atoms with E-state index in [0.717, 1.165) is 26.1 Å². The molecule has 0 spiro atoms. The lowest BCUT2D eigenvalue weighted by Crippen LogP contribution is -2.48. The van der Waals surface area contributed by atoms with E-state index in [0.29, 0.717) is 0 Å². The first-order chi connectivity index (χ1) is 7.11. The highest BCUT2D eigenvalue weighted by molar-refractivity contribution is 5.81. The van der Waals surface area contributed by atoms with Gasteiger partial charge in [-0.2, -0.15) is 0 Å². The number of nitrogens with zero attached hydrogens (tertiary/aromatic N) is 2. The van der Waals surface area contributed by atoms with Crippen molar-refractivity contribution in [2.75, 3.05) is 40.8 Å². The first-order valence-corrected chi connectivity index (χ1v) is 5.74. The second-order valence-corrected chi connectivity index (χ2v) is 4.59. The van der Waals surface area contributed by atoms with Gasteiger partial charge in [0.1, 0.15) is 0 Å². The van der Waals surface area contributed by atoms with Crippen molar-refractivity contribution in [1.29, 1.82) is 0 Å². The molecule has 1 unspecified atom stereocenters. The zero-order valence-electron chi connectivity index (χ0n) is 10.1. The molecule has 15 heavy (non-hydrogen) atoms. The average molecular weight is 213 g/mol. The Kier molecular flexibility index (Phi) is 5.05. The highest BCUT2D eigenvalue weighted by Gasteiger charge is 2.25. The molecule has 1 heterocycles. The van der Waals surface area contributed by atoms with Crippen LogP contribution in [-0.4, -0.2) is 62.5 Å². The van der Waals surface area contributed by atoms with Crippen molar-refractivity contribution in [3.8, 4) is 0 Å². The lowest BCUT2D eigenvalue weighted by Gasteiger charge is -2.31. The van der Waals surface area contributed by atoms with Crippen LogP contribution in [-0.2, 0) is 4.79 Å². The van der Waals surface area contributed by atoms with E-state index in [2.05, 4.69) is 15.1 Å². The highest BCUT2D eigenvalue weighted by atomic mass is 16.2. The number of carbonyl (C=O) groups excluding carboxylic acids is 1. The zero-order valence-corrected chi connectivity index (χ0v) is 10.1. The summed E-state index contributed by atoms with van der Waals surface area (Å²) >= 11 is 0. The summed E-state index contributed by atoms with van der Waals surface area (Å²) in [7, 11) is 6.06. The molecule has 0 bridgehead atoms. The minimum atomic E-state index is 0.0981. The SMILES string of the molecule is CN(C)CCNC(=O)C1CCCCN1C. The minimum absolute atomic E-state index is 0.0981. The second-order valence-electron chi connectivity index (χ2n) is 4.59. The van der Waals surface area contributed by atoms with Gasteiger partial charge in [0.2, 0.25) is 5.91 Å². The fraction of sp³-hybridized carbons (Fsp3) is 0.909. The fourth-order valence-corrected chi connectivity index (χ4v) is 1.93. The quantitative estimate of drug-likeness (QED) is 0.722. The van der Waals surface area contributed by atoms with Crippen LogP contribution >= 0.6 is 0 Å². The maximum atomic E-state index is 11.8. The van der Waals surface area contributed by atoms with Crippen LogP contribution in [0.3, 0.4) is 0 Å². The Hall–Kier alpha value is -0.610. The van der Waals surface area contributed by atoms with Gasteiger partial charge < -0.3 is 10.2 Å². The van der Waals surface area contributed by atoms with Crippen LogP contribution < -0.4 is 5.32 Å². The third kappa shape index (κ3) is 4.18. The molecule has 0 aromatic carbocycles. The Labute approximate surface area is 92.6 Å². The zero-order chi connectivity index (χ0) is 11.3. The summed E-state index contributed by atoms with van der Waals surface area (Å²) in [5.41, 5.74) is 0. The summed E-state index contributed by atoms with van der Waals surface area (Å²) < 4.78 is 0. The van der Waals surface area contributed by atoms with Crippen LogP contribution in [0.25, 0.3) is 0 Å². The number of likely N-dealkylation sites (tertiary alicyclic amines) is 1. The molecule has 1 aliphatic rings. The molecular weight excluding hydrogens is 190 g/mol. The van der Waals surface area contributed by atoms with Gasteiger partial charge in [-0.25, -0.2) is 0 Å². The van der Waals surface area contributed by atoms with Crippen molar-refractivity contribution in [2.24, 2.45) is 0 Å². The Morgan fingerprint density at radius 2 is 2.20 bits per heavy atom. The number of hydrogen-bond donors (Lipinski definition) is 1. The normalized spacial score (nSPS) is 23.1. The van der Waals surface area contributed by atoms with E-state index in [1.165, 1.54) is 12.8 Å². The Bertz CT molecular complexity index is 206. The Morgan fingerprint density at radius 1 is 1.47 bits per heavy atom. The number of rotatable bonds is 4. The summed E-state index contributed by atoms with van der Waals surface area (Å²) in [4.78, 5) is 16.1. The lowest BCUT2D eigenvalue weighted by atomic mass is 10.0. The van der Waals surface area contributed by atoms with Crippen molar-refractivity contribution in [1.82, 2.24) is 15.1 Å². The maximum absolute atomic E-state index is 11.8. The summed E-state index contributed by atoms with van der Waals surface area (Å²) in [5, 5.41) is 2.99. The molecule has 0 aromatic rings. The van der Waals surface area contributed by atoms with Crippen molar-refractivity contribution in [3.63, 3.8) is 0 Å². The second kappa shape index (κ2) is 6.08. The van der Waals surface area contributed by atoms with Crippen LogP contribution in [0.4, 0.5) is 0 Å². The molecule has 0 aliphatic carbocycles. The number of nitrogens with one attached hydrogen (secondary N) is 1. The monoisotopic (exact) mass is 213 g/mol. The van der Waals surface area contributed by atoms with Crippen LogP contribution in [0.2, 0.25) is 0 Å². The van der Waals surface area contributed by atoms with Crippen molar-refractivity contribution < 1.29 is 4.79 Å². The molecule has 88 valence electrons. The van der Waals surface area contributed by atoms with Gasteiger partial charge in [0.25, 0.3) is 0 Å². The molecule has 1 aliphatic heterocycles. The molecule has 1 amide bonds. The number of piperidine rings is 1. The molecule has 0 saturated carbocycles. The Morgan fingerprint density at radius 3 is 2.80 bits per heavy atom. The summed E-state index contributed by atoms with van der Waals surface area (Å²) in [6, 6.07) is 0.0981. The molecular formula is C11H23N3O. The first-order valence-electron chi connectivity index (χ1n) is 5.74. The van der Waals surface area contributed by atoms with Gasteiger partial charge in [-0.05, 0) is 40.5 Å². The van der Waals surface area contributed by atoms with Crippen LogP contribution in [0.5, 0.6) is 0 Å². The fourth-order valence-electron chi connectivity index (χ4n) is 1.93. The van der Waals surface area contributed by atoms with Crippen LogP contribution in [0.1, 0.15) is 19.3 Å². The number of likely N-dealkylation sites (N-methyl/N-ethyl adjacent to an activating group) is 2. The van der Waals surface area contributed by atoms with Gasteiger partial charge in [-0.3, -0.25) is 9.69 Å². The predicted molar refractivity (Wildman–Crippen MR) is 61.8 cm³/mol. The van der Waals surface area contributed by atoms with Gasteiger partial charge in [-0.15, -0.1) is 0 Å². The molecule has 0 radical (unpaired) electrons. The van der Waals surface area contributed by atoms with Gasteiger partial charge >= 0.3 is 0 Å².